The number of amides is 1. The molecule has 0 unspecified atom stereocenters. The maximum Gasteiger partial charge on any atom is 0.275 e. The molecule has 6 nitrogen and oxygen atoms in total. The van der Waals surface area contributed by atoms with E-state index in [1.807, 2.05) is 37.2 Å². The van der Waals surface area contributed by atoms with Gasteiger partial charge in [-0.1, -0.05) is 6.07 Å². The fourth-order valence-electron chi connectivity index (χ4n) is 2.02. The first kappa shape index (κ1) is 17.8. The number of benzene rings is 2. The molecule has 2 N–H and O–H groups in total. The molecule has 0 saturated heterocycles. The molecule has 0 spiro atoms. The average molecular weight is 392 g/mol. The van der Waals surface area contributed by atoms with Gasteiger partial charge in [0.05, 0.1) is 24.6 Å². The Morgan fingerprint density at radius 1 is 1.29 bits per heavy atom. The maximum atomic E-state index is 12.0. The summed E-state index contributed by atoms with van der Waals surface area (Å²) in [5.41, 5.74) is 4.38. The fraction of sp³-hybridized carbons (Fsp3) is 0.176. The Kier molecular flexibility index (Phi) is 5.81. The molecule has 0 fully saturated rings. The van der Waals surface area contributed by atoms with Crippen LogP contribution in [0.25, 0.3) is 0 Å². The molecule has 0 radical (unpaired) electrons. The largest absolute Gasteiger partial charge is 0.507 e. The second kappa shape index (κ2) is 7.83. The lowest BCUT2D eigenvalue weighted by molar-refractivity contribution is 0.0952. The van der Waals surface area contributed by atoms with Crippen molar-refractivity contribution in [1.82, 2.24) is 5.43 Å². The molecule has 0 atom stereocenters. The van der Waals surface area contributed by atoms with Crippen LogP contribution in [-0.2, 0) is 0 Å². The van der Waals surface area contributed by atoms with Crippen molar-refractivity contribution in [2.75, 3.05) is 26.1 Å². The standard InChI is InChI=1S/C17H18BrN3O3/c1-21(2)15-7-4-11(8-14(15)18)10-19-20-17(23)13-6-5-12(24-3)9-16(13)22/h4-10,22H,1-3H3,(H,20,23)/b19-10-. The molecular formula is C17H18BrN3O3. The lowest BCUT2D eigenvalue weighted by Crippen LogP contribution is -2.17. The van der Waals surface area contributed by atoms with Crippen LogP contribution in [0.1, 0.15) is 15.9 Å². The first-order chi connectivity index (χ1) is 11.4. The van der Waals surface area contributed by atoms with Gasteiger partial charge in [-0.25, -0.2) is 5.43 Å². The highest BCUT2D eigenvalue weighted by Gasteiger charge is 2.11. The number of carbonyl (C=O) groups excluding carboxylic acids is 1. The second-order valence-corrected chi connectivity index (χ2v) is 6.04. The van der Waals surface area contributed by atoms with Crippen LogP contribution in [0, 0.1) is 0 Å². The molecule has 24 heavy (non-hydrogen) atoms. The van der Waals surface area contributed by atoms with Crippen LogP contribution >= 0.6 is 15.9 Å². The number of phenolic OH excluding ortho intramolecular Hbond substituents is 1. The van der Waals surface area contributed by atoms with E-state index in [1.54, 1.807) is 6.07 Å². The van der Waals surface area contributed by atoms with Gasteiger partial charge in [-0.3, -0.25) is 4.79 Å². The SMILES string of the molecule is COc1ccc(C(=O)N/N=C\c2ccc(N(C)C)c(Br)c2)c(O)c1. The zero-order chi connectivity index (χ0) is 17.7. The smallest absolute Gasteiger partial charge is 0.275 e. The van der Waals surface area contributed by atoms with Gasteiger partial charge in [0.25, 0.3) is 5.91 Å². The summed E-state index contributed by atoms with van der Waals surface area (Å²) in [7, 11) is 5.39. The summed E-state index contributed by atoms with van der Waals surface area (Å²) in [6, 6.07) is 10.2. The van der Waals surface area contributed by atoms with Gasteiger partial charge in [-0.15, -0.1) is 0 Å². The Bertz CT molecular complexity index is 776. The topological polar surface area (TPSA) is 74.2 Å². The molecule has 1 amide bonds. The Morgan fingerprint density at radius 2 is 2.04 bits per heavy atom. The summed E-state index contributed by atoms with van der Waals surface area (Å²) < 4.78 is 5.90. The van der Waals surface area contributed by atoms with E-state index in [1.165, 1.54) is 25.5 Å². The van der Waals surface area contributed by atoms with Gasteiger partial charge in [0.2, 0.25) is 0 Å². The number of hydrazone groups is 1. The van der Waals surface area contributed by atoms with Gasteiger partial charge in [-0.2, -0.15) is 5.10 Å². The third kappa shape index (κ3) is 4.26. The molecular weight excluding hydrogens is 374 g/mol. The fourth-order valence-corrected chi connectivity index (χ4v) is 2.77. The van der Waals surface area contributed by atoms with E-state index in [0.717, 1.165) is 15.7 Å². The van der Waals surface area contributed by atoms with Crippen molar-refractivity contribution in [3.05, 3.63) is 52.0 Å². The van der Waals surface area contributed by atoms with Gasteiger partial charge in [0, 0.05) is 24.6 Å². The molecule has 0 bridgehead atoms. The van der Waals surface area contributed by atoms with Crippen LogP contribution in [0.5, 0.6) is 11.5 Å². The summed E-state index contributed by atoms with van der Waals surface area (Å²) in [6.07, 6.45) is 1.53. The Morgan fingerprint density at radius 3 is 2.62 bits per heavy atom. The van der Waals surface area contributed by atoms with E-state index in [0.29, 0.717) is 5.75 Å². The summed E-state index contributed by atoms with van der Waals surface area (Å²) in [6.45, 7) is 0. The molecule has 2 rings (SSSR count). The molecule has 0 heterocycles. The van der Waals surface area contributed by atoms with Crippen molar-refractivity contribution < 1.29 is 14.6 Å². The number of carbonyl (C=O) groups is 1. The molecule has 7 heteroatoms. The van der Waals surface area contributed by atoms with E-state index in [4.69, 9.17) is 4.74 Å². The lowest BCUT2D eigenvalue weighted by atomic mass is 10.2. The molecule has 0 aliphatic carbocycles. The zero-order valence-corrected chi connectivity index (χ0v) is 15.2. The molecule has 2 aromatic carbocycles. The number of nitrogens with one attached hydrogen (secondary N) is 1. The van der Waals surface area contributed by atoms with E-state index < -0.39 is 5.91 Å². The normalized spacial score (nSPS) is 10.7. The van der Waals surface area contributed by atoms with Gasteiger partial charge in [-0.05, 0) is 45.8 Å². The Balaban J connectivity index is 2.06. The molecule has 0 saturated carbocycles. The minimum absolute atomic E-state index is 0.122. The first-order valence-electron chi connectivity index (χ1n) is 7.09. The van der Waals surface area contributed by atoms with E-state index >= 15 is 0 Å². The minimum atomic E-state index is -0.504. The maximum absolute atomic E-state index is 12.0. The number of anilines is 1. The van der Waals surface area contributed by atoms with Crippen LogP contribution in [0.15, 0.2) is 46.0 Å². The van der Waals surface area contributed by atoms with Gasteiger partial charge in [0.15, 0.2) is 0 Å². The zero-order valence-electron chi connectivity index (χ0n) is 13.6. The number of ether oxygens (including phenoxy) is 1. The number of methoxy groups -OCH3 is 1. The highest BCUT2D eigenvalue weighted by Crippen LogP contribution is 2.25. The molecule has 0 aliphatic heterocycles. The van der Waals surface area contributed by atoms with E-state index in [9.17, 15) is 9.90 Å². The number of nitrogens with zero attached hydrogens (tertiary/aromatic N) is 2. The van der Waals surface area contributed by atoms with Crippen molar-refractivity contribution in [3.63, 3.8) is 0 Å². The van der Waals surface area contributed by atoms with Crippen molar-refractivity contribution in [2.24, 2.45) is 5.10 Å². The van der Waals surface area contributed by atoms with Crippen molar-refractivity contribution in [2.45, 2.75) is 0 Å². The molecule has 0 aromatic heterocycles. The van der Waals surface area contributed by atoms with Crippen LogP contribution in [0.4, 0.5) is 5.69 Å². The van der Waals surface area contributed by atoms with Crippen molar-refractivity contribution >= 4 is 33.7 Å². The van der Waals surface area contributed by atoms with Gasteiger partial charge < -0.3 is 14.7 Å². The van der Waals surface area contributed by atoms with Crippen molar-refractivity contribution in [3.8, 4) is 11.5 Å². The van der Waals surface area contributed by atoms with Crippen LogP contribution in [-0.4, -0.2) is 38.4 Å². The first-order valence-corrected chi connectivity index (χ1v) is 7.89. The van der Waals surface area contributed by atoms with Crippen molar-refractivity contribution in [1.29, 1.82) is 0 Å². The summed E-state index contributed by atoms with van der Waals surface area (Å²) in [5.74, 6) is -0.200. The lowest BCUT2D eigenvalue weighted by Gasteiger charge is -2.14. The van der Waals surface area contributed by atoms with Crippen LogP contribution in [0.3, 0.4) is 0 Å². The Labute approximate surface area is 148 Å². The summed E-state index contributed by atoms with van der Waals surface area (Å²) in [4.78, 5) is 14.0. The van der Waals surface area contributed by atoms with Gasteiger partial charge in [0.1, 0.15) is 11.5 Å². The van der Waals surface area contributed by atoms with E-state index in [-0.39, 0.29) is 11.3 Å². The minimum Gasteiger partial charge on any atom is -0.507 e. The highest BCUT2D eigenvalue weighted by molar-refractivity contribution is 9.10. The predicted octanol–water partition coefficient (Wildman–Crippen LogP) is 2.99. The molecule has 0 aliphatic rings. The summed E-state index contributed by atoms with van der Waals surface area (Å²) in [5, 5.41) is 13.7. The number of aromatic hydroxyl groups is 1. The van der Waals surface area contributed by atoms with Gasteiger partial charge >= 0.3 is 0 Å². The monoisotopic (exact) mass is 391 g/mol. The summed E-state index contributed by atoms with van der Waals surface area (Å²) >= 11 is 3.49. The molecule has 2 aromatic rings. The predicted molar refractivity (Wildman–Crippen MR) is 98.2 cm³/mol. The Hall–Kier alpha value is -2.54. The van der Waals surface area contributed by atoms with Crippen LogP contribution < -0.4 is 15.1 Å². The third-order valence-electron chi connectivity index (χ3n) is 3.28. The van der Waals surface area contributed by atoms with Crippen LogP contribution in [0.2, 0.25) is 0 Å². The quantitative estimate of drug-likeness (QED) is 0.606. The highest BCUT2D eigenvalue weighted by atomic mass is 79.9. The molecule has 126 valence electrons. The van der Waals surface area contributed by atoms with E-state index in [2.05, 4.69) is 26.5 Å². The third-order valence-corrected chi connectivity index (χ3v) is 3.92. The average Bonchev–Trinajstić information content (AvgIpc) is 2.54. The number of hydrogen-bond donors (Lipinski definition) is 2. The second-order valence-electron chi connectivity index (χ2n) is 5.19. The number of rotatable bonds is 5. The number of phenols is 1. The number of hydrogen-bond acceptors (Lipinski definition) is 5. The number of halogens is 1.